The Hall–Kier alpha value is -2.80. The van der Waals surface area contributed by atoms with Crippen molar-refractivity contribution in [2.45, 2.75) is 18.5 Å². The number of anilines is 1. The molecule has 0 aliphatic rings. The van der Waals surface area contributed by atoms with Gasteiger partial charge in [-0.3, -0.25) is 4.79 Å². The van der Waals surface area contributed by atoms with Gasteiger partial charge in [-0.05, 0) is 47.5 Å². The number of aryl methyl sites for hydroxylation is 1. The van der Waals surface area contributed by atoms with Gasteiger partial charge in [0.15, 0.2) is 0 Å². The largest absolute Gasteiger partial charge is 0.497 e. The number of carbonyl (C=O) groups is 1. The first-order valence-electron chi connectivity index (χ1n) is 8.18. The Kier molecular flexibility index (Phi) is 5.91. The zero-order valence-corrected chi connectivity index (χ0v) is 15.4. The smallest absolute Gasteiger partial charge is 0.258 e. The van der Waals surface area contributed by atoms with Gasteiger partial charge in [0.2, 0.25) is 11.1 Å². The van der Waals surface area contributed by atoms with Crippen LogP contribution < -0.4 is 10.1 Å². The van der Waals surface area contributed by atoms with Crippen LogP contribution in [0.3, 0.4) is 0 Å². The van der Waals surface area contributed by atoms with Crippen molar-refractivity contribution in [1.29, 1.82) is 0 Å². The van der Waals surface area contributed by atoms with E-state index in [-0.39, 0.29) is 11.7 Å². The molecule has 1 amide bonds. The van der Waals surface area contributed by atoms with E-state index in [0.29, 0.717) is 11.0 Å². The van der Waals surface area contributed by atoms with Crippen LogP contribution in [0.2, 0.25) is 0 Å². The van der Waals surface area contributed by atoms with Gasteiger partial charge < -0.3 is 14.6 Å². The molecule has 0 saturated heterocycles. The average molecular weight is 369 g/mol. The molecule has 2 aromatic carbocycles. The number of para-hydroxylation sites is 1. The number of benzene rings is 2. The molecule has 0 radical (unpaired) electrons. The molecule has 1 aromatic heterocycles. The number of thioether (sulfide) groups is 1. The molecule has 0 bridgehead atoms. The van der Waals surface area contributed by atoms with E-state index >= 15 is 0 Å². The van der Waals surface area contributed by atoms with E-state index in [1.165, 1.54) is 11.8 Å². The summed E-state index contributed by atoms with van der Waals surface area (Å²) in [6.07, 6.45) is 0.861. The average Bonchev–Trinajstić information content (AvgIpc) is 3.16. The summed E-state index contributed by atoms with van der Waals surface area (Å²) in [6, 6.07) is 15.1. The van der Waals surface area contributed by atoms with Crippen LogP contribution in [-0.2, 0) is 11.2 Å². The molecule has 3 aromatic rings. The Morgan fingerprint density at radius 3 is 2.69 bits per heavy atom. The monoisotopic (exact) mass is 369 g/mol. The van der Waals surface area contributed by atoms with Gasteiger partial charge in [-0.2, -0.15) is 4.98 Å². The normalized spacial score (nSPS) is 10.5. The van der Waals surface area contributed by atoms with Gasteiger partial charge >= 0.3 is 0 Å². The SMILES string of the molecule is CCc1ccccc1NC(=O)CSc1noc(-c2ccc(OC)cc2)n1. The highest BCUT2D eigenvalue weighted by molar-refractivity contribution is 7.99. The fraction of sp³-hybridized carbons (Fsp3) is 0.211. The summed E-state index contributed by atoms with van der Waals surface area (Å²) < 4.78 is 10.4. The Morgan fingerprint density at radius 1 is 1.19 bits per heavy atom. The lowest BCUT2D eigenvalue weighted by Gasteiger charge is -2.08. The van der Waals surface area contributed by atoms with Crippen LogP contribution in [0.15, 0.2) is 58.2 Å². The molecule has 6 nitrogen and oxygen atoms in total. The maximum Gasteiger partial charge on any atom is 0.258 e. The van der Waals surface area contributed by atoms with E-state index < -0.39 is 0 Å². The molecule has 26 heavy (non-hydrogen) atoms. The third-order valence-corrected chi connectivity index (χ3v) is 4.58. The number of hydrogen-bond donors (Lipinski definition) is 1. The van der Waals surface area contributed by atoms with Crippen molar-refractivity contribution >= 4 is 23.4 Å². The third kappa shape index (κ3) is 4.43. The van der Waals surface area contributed by atoms with Gasteiger partial charge in [-0.1, -0.05) is 36.9 Å². The number of rotatable bonds is 7. The van der Waals surface area contributed by atoms with Gasteiger partial charge in [0, 0.05) is 11.3 Å². The minimum atomic E-state index is -0.105. The molecular weight excluding hydrogens is 350 g/mol. The molecule has 0 aliphatic heterocycles. The number of carbonyl (C=O) groups excluding carboxylic acids is 1. The summed E-state index contributed by atoms with van der Waals surface area (Å²) >= 11 is 1.23. The fourth-order valence-electron chi connectivity index (χ4n) is 2.39. The molecule has 3 rings (SSSR count). The van der Waals surface area contributed by atoms with Crippen molar-refractivity contribution < 1.29 is 14.1 Å². The predicted molar refractivity (Wildman–Crippen MR) is 101 cm³/mol. The zero-order valence-electron chi connectivity index (χ0n) is 14.6. The first kappa shape index (κ1) is 18.0. The summed E-state index contributed by atoms with van der Waals surface area (Å²) in [5, 5.41) is 7.26. The van der Waals surface area contributed by atoms with E-state index in [4.69, 9.17) is 9.26 Å². The van der Waals surface area contributed by atoms with Crippen molar-refractivity contribution in [3.8, 4) is 17.2 Å². The number of methoxy groups -OCH3 is 1. The lowest BCUT2D eigenvalue weighted by atomic mass is 10.1. The molecule has 0 saturated carbocycles. The van der Waals surface area contributed by atoms with Gasteiger partial charge in [-0.25, -0.2) is 0 Å². The summed E-state index contributed by atoms with van der Waals surface area (Å²) in [6.45, 7) is 2.06. The zero-order chi connectivity index (χ0) is 18.4. The minimum absolute atomic E-state index is 0.105. The summed E-state index contributed by atoms with van der Waals surface area (Å²) in [4.78, 5) is 16.5. The molecule has 1 heterocycles. The number of nitrogens with zero attached hydrogens (tertiary/aromatic N) is 2. The molecule has 0 fully saturated rings. The van der Waals surface area contributed by atoms with Crippen LogP contribution in [0.4, 0.5) is 5.69 Å². The van der Waals surface area contributed by atoms with Crippen LogP contribution in [0.25, 0.3) is 11.5 Å². The molecule has 0 aliphatic carbocycles. The van der Waals surface area contributed by atoms with Crippen LogP contribution in [0.1, 0.15) is 12.5 Å². The quantitative estimate of drug-likeness (QED) is 0.634. The lowest BCUT2D eigenvalue weighted by Crippen LogP contribution is -2.15. The Morgan fingerprint density at radius 2 is 1.96 bits per heavy atom. The summed E-state index contributed by atoms with van der Waals surface area (Å²) in [5.74, 6) is 1.27. The molecule has 134 valence electrons. The molecular formula is C19H19N3O3S. The lowest BCUT2D eigenvalue weighted by molar-refractivity contribution is -0.113. The Labute approximate surface area is 156 Å². The standard InChI is InChI=1S/C19H19N3O3S/c1-3-13-6-4-5-7-16(13)20-17(23)12-26-19-21-18(25-22-19)14-8-10-15(24-2)11-9-14/h4-11H,3,12H2,1-2H3,(H,20,23). The maximum absolute atomic E-state index is 12.2. The first-order valence-corrected chi connectivity index (χ1v) is 9.17. The first-order chi connectivity index (χ1) is 12.7. The third-order valence-electron chi connectivity index (χ3n) is 3.75. The number of hydrogen-bond acceptors (Lipinski definition) is 6. The van der Waals surface area contributed by atoms with E-state index in [1.54, 1.807) is 7.11 Å². The Balaban J connectivity index is 1.58. The van der Waals surface area contributed by atoms with Crippen molar-refractivity contribution in [3.05, 3.63) is 54.1 Å². The highest BCUT2D eigenvalue weighted by Gasteiger charge is 2.12. The Bertz CT molecular complexity index is 878. The van der Waals surface area contributed by atoms with Crippen LogP contribution >= 0.6 is 11.8 Å². The molecule has 0 unspecified atom stereocenters. The second kappa shape index (κ2) is 8.53. The highest BCUT2D eigenvalue weighted by Crippen LogP contribution is 2.24. The van der Waals surface area contributed by atoms with E-state index in [9.17, 15) is 4.79 Å². The van der Waals surface area contributed by atoms with Crippen molar-refractivity contribution in [1.82, 2.24) is 10.1 Å². The number of ether oxygens (including phenoxy) is 1. The second-order valence-corrected chi connectivity index (χ2v) is 6.40. The van der Waals surface area contributed by atoms with E-state index in [1.807, 2.05) is 48.5 Å². The number of aromatic nitrogens is 2. The molecule has 7 heteroatoms. The predicted octanol–water partition coefficient (Wildman–Crippen LogP) is 4.04. The van der Waals surface area contributed by atoms with Gasteiger partial charge in [0.25, 0.3) is 5.89 Å². The highest BCUT2D eigenvalue weighted by atomic mass is 32.2. The molecule has 1 N–H and O–H groups in total. The van der Waals surface area contributed by atoms with Gasteiger partial charge in [0.1, 0.15) is 5.75 Å². The van der Waals surface area contributed by atoms with Crippen molar-refractivity contribution in [3.63, 3.8) is 0 Å². The molecule has 0 atom stereocenters. The topological polar surface area (TPSA) is 77.2 Å². The number of nitrogens with one attached hydrogen (secondary N) is 1. The van der Waals surface area contributed by atoms with Gasteiger partial charge in [-0.15, -0.1) is 0 Å². The summed E-state index contributed by atoms with van der Waals surface area (Å²) in [5.41, 5.74) is 2.74. The van der Waals surface area contributed by atoms with Crippen molar-refractivity contribution in [2.24, 2.45) is 0 Å². The maximum atomic E-state index is 12.2. The van der Waals surface area contributed by atoms with Crippen LogP contribution in [0.5, 0.6) is 5.75 Å². The van der Waals surface area contributed by atoms with E-state index in [0.717, 1.165) is 29.0 Å². The van der Waals surface area contributed by atoms with Crippen molar-refractivity contribution in [2.75, 3.05) is 18.2 Å². The van der Waals surface area contributed by atoms with Crippen LogP contribution in [0, 0.1) is 0 Å². The van der Waals surface area contributed by atoms with E-state index in [2.05, 4.69) is 22.4 Å². The second-order valence-electron chi connectivity index (χ2n) is 5.46. The minimum Gasteiger partial charge on any atom is -0.497 e. The van der Waals surface area contributed by atoms with Gasteiger partial charge in [0.05, 0.1) is 12.9 Å². The number of amides is 1. The summed E-state index contributed by atoms with van der Waals surface area (Å²) in [7, 11) is 1.61. The van der Waals surface area contributed by atoms with Crippen LogP contribution in [-0.4, -0.2) is 28.9 Å². The fourth-order valence-corrected chi connectivity index (χ4v) is 2.96. The molecule has 0 spiro atoms.